The van der Waals surface area contributed by atoms with Crippen molar-refractivity contribution in [2.45, 2.75) is 50.5 Å². The summed E-state index contributed by atoms with van der Waals surface area (Å²) >= 11 is 0. The average molecular weight is 636 g/mol. The molecule has 2 fully saturated rings. The molecular weight excluding hydrogens is 603 g/mol. The summed E-state index contributed by atoms with van der Waals surface area (Å²) in [6.07, 6.45) is 0.819. The normalized spacial score (nSPS) is 18.0. The summed E-state index contributed by atoms with van der Waals surface area (Å²) in [5, 5.41) is 13.8. The number of carbonyl (C=O) groups excluding carboxylic acids is 3. The molecule has 0 aliphatic carbocycles. The predicted molar refractivity (Wildman–Crippen MR) is 163 cm³/mol. The van der Waals surface area contributed by atoms with Crippen LogP contribution in [0.4, 0.5) is 24.5 Å². The molecule has 0 bridgehead atoms. The number of piperidine rings is 2. The summed E-state index contributed by atoms with van der Waals surface area (Å²) in [6.45, 7) is 2.55. The first-order valence-electron chi connectivity index (χ1n) is 14.9. The molecule has 2 aliphatic heterocycles. The van der Waals surface area contributed by atoms with Gasteiger partial charge in [-0.05, 0) is 55.2 Å². The number of hydrogen-bond acceptors (Lipinski definition) is 8. The number of alkyl halides is 3. The first-order chi connectivity index (χ1) is 22.1. The fourth-order valence-electron chi connectivity index (χ4n) is 5.75. The third-order valence-corrected chi connectivity index (χ3v) is 8.28. The van der Waals surface area contributed by atoms with Gasteiger partial charge in [0.15, 0.2) is 0 Å². The number of aromatic nitrogens is 3. The van der Waals surface area contributed by atoms with Gasteiger partial charge in [-0.2, -0.15) is 18.3 Å². The standard InChI is InChI=1S/C32H32F3N7O4/c1-46-27-15-25-21(14-26(27)38-30(44)20-4-8-28(36-16-20)32(33,34)35)18-42(40-25)23-10-12-41(13-11-23)17-19-2-5-22(6-3-19)37-24-7-9-29(43)39-31(24)45/h2-6,8,14-16,18,23-24,37H,7,9-13,17H2,1H3,(H,38,44)(H,39,43,45). The number of carbonyl (C=O) groups is 3. The number of benzene rings is 2. The number of pyridine rings is 1. The van der Waals surface area contributed by atoms with E-state index in [4.69, 9.17) is 9.84 Å². The number of imide groups is 1. The van der Waals surface area contributed by atoms with Gasteiger partial charge in [0.1, 0.15) is 17.5 Å². The zero-order chi connectivity index (χ0) is 32.4. The van der Waals surface area contributed by atoms with Gasteiger partial charge < -0.3 is 15.4 Å². The van der Waals surface area contributed by atoms with Crippen molar-refractivity contribution in [2.75, 3.05) is 30.8 Å². The highest BCUT2D eigenvalue weighted by atomic mass is 19.4. The molecule has 46 heavy (non-hydrogen) atoms. The first kappa shape index (κ1) is 31.0. The van der Waals surface area contributed by atoms with Crippen LogP contribution >= 0.6 is 0 Å². The van der Waals surface area contributed by atoms with Crippen LogP contribution in [0.15, 0.2) is 60.9 Å². The Balaban J connectivity index is 1.05. The third-order valence-electron chi connectivity index (χ3n) is 8.28. The topological polar surface area (TPSA) is 130 Å². The molecule has 6 rings (SSSR count). The number of hydrogen-bond donors (Lipinski definition) is 3. The Morgan fingerprint density at radius 3 is 2.48 bits per heavy atom. The Hall–Kier alpha value is -4.98. The van der Waals surface area contributed by atoms with E-state index in [0.29, 0.717) is 29.8 Å². The molecule has 2 aromatic carbocycles. The molecule has 3 N–H and O–H groups in total. The van der Waals surface area contributed by atoms with Gasteiger partial charge in [0.25, 0.3) is 5.91 Å². The minimum atomic E-state index is -4.59. The first-order valence-corrected chi connectivity index (χ1v) is 14.9. The van der Waals surface area contributed by atoms with Gasteiger partial charge in [-0.3, -0.25) is 34.3 Å². The minimum Gasteiger partial charge on any atom is -0.494 e. The van der Waals surface area contributed by atoms with E-state index < -0.39 is 23.8 Å². The summed E-state index contributed by atoms with van der Waals surface area (Å²) in [4.78, 5) is 41.9. The molecule has 11 nitrogen and oxygen atoms in total. The number of halogens is 3. The number of amides is 3. The van der Waals surface area contributed by atoms with Crippen LogP contribution in [0.2, 0.25) is 0 Å². The molecule has 2 aromatic heterocycles. The van der Waals surface area contributed by atoms with Crippen LogP contribution in [0.3, 0.4) is 0 Å². The fraction of sp³-hybridized carbons (Fsp3) is 0.344. The van der Waals surface area contributed by atoms with Crippen molar-refractivity contribution in [1.29, 1.82) is 0 Å². The van der Waals surface area contributed by atoms with Crippen LogP contribution in [0.25, 0.3) is 10.9 Å². The lowest BCUT2D eigenvalue weighted by molar-refractivity contribution is -0.141. The number of anilines is 2. The lowest BCUT2D eigenvalue weighted by atomic mass is 10.0. The molecule has 1 unspecified atom stereocenters. The maximum Gasteiger partial charge on any atom is 0.433 e. The van der Waals surface area contributed by atoms with Crippen LogP contribution in [0.1, 0.15) is 53.3 Å². The van der Waals surface area contributed by atoms with E-state index in [0.717, 1.165) is 67.4 Å². The molecule has 3 amide bonds. The summed E-state index contributed by atoms with van der Waals surface area (Å²) < 4.78 is 45.9. The molecule has 0 radical (unpaired) electrons. The Morgan fingerprint density at radius 1 is 1.07 bits per heavy atom. The van der Waals surface area contributed by atoms with Gasteiger partial charge >= 0.3 is 6.18 Å². The van der Waals surface area contributed by atoms with Crippen molar-refractivity contribution in [1.82, 2.24) is 25.0 Å². The molecule has 4 aromatic rings. The highest BCUT2D eigenvalue weighted by Gasteiger charge is 2.32. The van der Waals surface area contributed by atoms with Gasteiger partial charge in [-0.1, -0.05) is 12.1 Å². The van der Waals surface area contributed by atoms with Crippen molar-refractivity contribution in [3.63, 3.8) is 0 Å². The van der Waals surface area contributed by atoms with Crippen LogP contribution in [0, 0.1) is 0 Å². The van der Waals surface area contributed by atoms with Crippen LogP contribution in [0.5, 0.6) is 5.75 Å². The molecule has 1 atom stereocenters. The highest BCUT2D eigenvalue weighted by molar-refractivity contribution is 6.06. The maximum atomic E-state index is 12.8. The second-order valence-electron chi connectivity index (χ2n) is 11.5. The van der Waals surface area contributed by atoms with E-state index in [1.807, 2.05) is 35.1 Å². The van der Waals surface area contributed by atoms with Crippen LogP contribution < -0.4 is 20.7 Å². The zero-order valence-corrected chi connectivity index (χ0v) is 24.9. The quantitative estimate of drug-likeness (QED) is 0.236. The average Bonchev–Trinajstić information content (AvgIpc) is 3.46. The number of likely N-dealkylation sites (tertiary alicyclic amines) is 1. The van der Waals surface area contributed by atoms with E-state index in [-0.39, 0.29) is 23.4 Å². The second kappa shape index (κ2) is 12.8. The Kier molecular flexibility index (Phi) is 8.63. The van der Waals surface area contributed by atoms with Crippen molar-refractivity contribution >= 4 is 40.0 Å². The number of fused-ring (bicyclic) bond motifs is 1. The molecule has 4 heterocycles. The number of ether oxygens (including phenoxy) is 1. The van der Waals surface area contributed by atoms with Crippen molar-refractivity contribution < 1.29 is 32.3 Å². The molecule has 2 aliphatic rings. The Labute approximate surface area is 262 Å². The maximum absolute atomic E-state index is 12.8. The third kappa shape index (κ3) is 6.96. The minimum absolute atomic E-state index is 0.0163. The van der Waals surface area contributed by atoms with Gasteiger partial charge in [0.2, 0.25) is 11.8 Å². The molecule has 2 saturated heterocycles. The van der Waals surface area contributed by atoms with Gasteiger partial charge in [0, 0.05) is 55.6 Å². The van der Waals surface area contributed by atoms with Gasteiger partial charge in [-0.25, -0.2) is 0 Å². The lowest BCUT2D eigenvalue weighted by Crippen LogP contribution is -2.47. The number of rotatable bonds is 8. The van der Waals surface area contributed by atoms with E-state index in [2.05, 4.69) is 25.8 Å². The summed E-state index contributed by atoms with van der Waals surface area (Å²) in [5.74, 6) is -0.773. The summed E-state index contributed by atoms with van der Waals surface area (Å²) in [6, 6.07) is 13.1. The fourth-order valence-corrected chi connectivity index (χ4v) is 5.75. The lowest BCUT2D eigenvalue weighted by Gasteiger charge is -2.32. The smallest absolute Gasteiger partial charge is 0.433 e. The number of methoxy groups -OCH3 is 1. The van der Waals surface area contributed by atoms with Crippen molar-refractivity contribution in [3.05, 3.63) is 77.7 Å². The largest absolute Gasteiger partial charge is 0.494 e. The van der Waals surface area contributed by atoms with E-state index in [9.17, 15) is 27.6 Å². The Morgan fingerprint density at radius 2 is 1.83 bits per heavy atom. The highest BCUT2D eigenvalue weighted by Crippen LogP contribution is 2.33. The van der Waals surface area contributed by atoms with E-state index in [1.54, 1.807) is 12.1 Å². The summed E-state index contributed by atoms with van der Waals surface area (Å²) in [7, 11) is 1.46. The predicted octanol–water partition coefficient (Wildman–Crippen LogP) is 4.77. The van der Waals surface area contributed by atoms with E-state index >= 15 is 0 Å². The van der Waals surface area contributed by atoms with Gasteiger partial charge in [-0.15, -0.1) is 0 Å². The molecule has 0 spiro atoms. The molecule has 240 valence electrons. The van der Waals surface area contributed by atoms with Crippen LogP contribution in [-0.2, 0) is 22.3 Å². The molecular formula is C32H32F3N7O4. The van der Waals surface area contributed by atoms with Crippen molar-refractivity contribution in [3.8, 4) is 5.75 Å². The molecule has 0 saturated carbocycles. The zero-order valence-electron chi connectivity index (χ0n) is 24.9. The van der Waals surface area contributed by atoms with Crippen molar-refractivity contribution in [2.24, 2.45) is 0 Å². The summed E-state index contributed by atoms with van der Waals surface area (Å²) in [5.41, 5.74) is 1.96. The number of nitrogens with one attached hydrogen (secondary N) is 3. The number of nitrogens with zero attached hydrogens (tertiary/aromatic N) is 4. The van der Waals surface area contributed by atoms with Gasteiger partial charge in [0.05, 0.1) is 29.9 Å². The SMILES string of the molecule is COc1cc2nn(C3CCN(Cc4ccc(NC5CCC(=O)NC5=O)cc4)CC3)cc2cc1NC(=O)c1ccc(C(F)(F)F)nc1. The Bertz CT molecular complexity index is 1750. The van der Waals surface area contributed by atoms with E-state index in [1.165, 1.54) is 7.11 Å². The van der Waals surface area contributed by atoms with Crippen LogP contribution in [-0.4, -0.2) is 63.6 Å². The second-order valence-corrected chi connectivity index (χ2v) is 11.5. The molecule has 14 heteroatoms. The monoisotopic (exact) mass is 635 g/mol.